The molecule has 0 rings (SSSR count). The maximum absolute atomic E-state index is 13.8. The highest BCUT2D eigenvalue weighted by molar-refractivity contribution is 7.69. The minimum atomic E-state index is -8.69. The van der Waals surface area contributed by atoms with Crippen molar-refractivity contribution < 1.29 is 88.8 Å². The SMILES string of the molecule is C[N+](C)(C)CC(=O)P(O)CCC(F)(F)C(F)(F)C(F)(F)C(F)(F)C(F)(F)C(F)(F)C(F)(F)C(F)(F)F. The normalized spacial score (nSPS) is 16.8. The predicted molar refractivity (Wildman–Crippen MR) is 87.2 cm³/mol. The van der Waals surface area contributed by atoms with Crippen LogP contribution < -0.4 is 0 Å². The minimum Gasteiger partial charge on any atom is -0.366 e. The van der Waals surface area contributed by atoms with Gasteiger partial charge in [-0.05, 0) is 0 Å². The summed E-state index contributed by atoms with van der Waals surface area (Å²) in [4.78, 5) is 21.1. The quantitative estimate of drug-likeness (QED) is 0.170. The number of nitrogens with zero attached hydrogens (tertiary/aromatic N) is 1. The Morgan fingerprint density at radius 1 is 0.611 bits per heavy atom. The van der Waals surface area contributed by atoms with E-state index in [1.165, 1.54) is 21.1 Å². The highest BCUT2D eigenvalue weighted by Crippen LogP contribution is 2.64. The van der Waals surface area contributed by atoms with E-state index in [9.17, 15) is 84.3 Å². The molecule has 0 saturated carbocycles. The minimum absolute atomic E-state index is 0.291. The van der Waals surface area contributed by atoms with Crippen LogP contribution in [-0.2, 0) is 4.79 Å². The van der Waals surface area contributed by atoms with Gasteiger partial charge in [0.15, 0.2) is 0 Å². The van der Waals surface area contributed by atoms with Crippen LogP contribution in [0, 0.1) is 0 Å². The van der Waals surface area contributed by atoms with Crippen LogP contribution in [-0.4, -0.2) is 96.4 Å². The summed E-state index contributed by atoms with van der Waals surface area (Å²) in [7, 11) is 0.545. The maximum Gasteiger partial charge on any atom is 0.460 e. The van der Waals surface area contributed by atoms with Gasteiger partial charge in [0.2, 0.25) is 5.52 Å². The molecule has 1 N–H and O–H groups in total. The number of hydrogen-bond donors (Lipinski definition) is 1. The first-order valence-corrected chi connectivity index (χ1v) is 10.3. The van der Waals surface area contributed by atoms with Crippen molar-refractivity contribution in [1.29, 1.82) is 0 Å². The molecule has 0 radical (unpaired) electrons. The van der Waals surface area contributed by atoms with Gasteiger partial charge in [-0.2, -0.15) is 74.6 Å². The summed E-state index contributed by atoms with van der Waals surface area (Å²) >= 11 is 0. The van der Waals surface area contributed by atoms with E-state index >= 15 is 0 Å². The summed E-state index contributed by atoms with van der Waals surface area (Å²) < 4.78 is 223. The zero-order valence-electron chi connectivity index (χ0n) is 17.8. The Labute approximate surface area is 191 Å². The lowest BCUT2D eigenvalue weighted by Crippen LogP contribution is -2.74. The van der Waals surface area contributed by atoms with Crippen LogP contribution >= 0.6 is 8.15 Å². The van der Waals surface area contributed by atoms with Gasteiger partial charge in [-0.15, -0.1) is 0 Å². The Kier molecular flexibility index (Phi) is 9.23. The molecule has 0 aromatic rings. The van der Waals surface area contributed by atoms with Gasteiger partial charge in [0.25, 0.3) is 0 Å². The zero-order valence-corrected chi connectivity index (χ0v) is 18.7. The molecule has 0 heterocycles. The van der Waals surface area contributed by atoms with Crippen LogP contribution in [0.2, 0.25) is 0 Å². The third-order valence-corrected chi connectivity index (χ3v) is 5.69. The summed E-state index contributed by atoms with van der Waals surface area (Å²) in [6.45, 7) is -0.660. The molecule has 0 fully saturated rings. The molecule has 1 atom stereocenters. The smallest absolute Gasteiger partial charge is 0.366 e. The van der Waals surface area contributed by atoms with Crippen molar-refractivity contribution in [2.45, 2.75) is 54.1 Å². The zero-order chi connectivity index (χ0) is 29.8. The maximum atomic E-state index is 13.8. The van der Waals surface area contributed by atoms with Gasteiger partial charge in [-0.1, -0.05) is 0 Å². The summed E-state index contributed by atoms with van der Waals surface area (Å²) in [5, 5.41) is 0. The first-order valence-electron chi connectivity index (χ1n) is 8.77. The molecule has 0 aromatic heterocycles. The molecular formula is C15H16F17NO2P+. The average Bonchev–Trinajstić information content (AvgIpc) is 2.62. The van der Waals surface area contributed by atoms with E-state index < -0.39 is 80.4 Å². The summed E-state index contributed by atoms with van der Waals surface area (Å²) in [6, 6.07) is 0. The van der Waals surface area contributed by atoms with Crippen LogP contribution in [0.5, 0.6) is 0 Å². The van der Waals surface area contributed by atoms with Crippen molar-refractivity contribution in [3.63, 3.8) is 0 Å². The van der Waals surface area contributed by atoms with Gasteiger partial charge in [-0.25, -0.2) is 0 Å². The largest absolute Gasteiger partial charge is 0.460 e. The molecule has 0 aliphatic carbocycles. The van der Waals surface area contributed by atoms with Crippen molar-refractivity contribution in [3.8, 4) is 0 Å². The Bertz CT molecular complexity index is 803. The van der Waals surface area contributed by atoms with E-state index in [0.717, 1.165) is 0 Å². The third kappa shape index (κ3) is 5.63. The van der Waals surface area contributed by atoms with Gasteiger partial charge in [0, 0.05) is 12.6 Å². The molecule has 0 aromatic carbocycles. The van der Waals surface area contributed by atoms with Crippen LogP contribution in [0.15, 0.2) is 0 Å². The highest BCUT2D eigenvalue weighted by Gasteiger charge is 2.95. The second-order valence-corrected chi connectivity index (χ2v) is 10.1. The summed E-state index contributed by atoms with van der Waals surface area (Å²) in [5.41, 5.74) is -1.31. The van der Waals surface area contributed by atoms with Gasteiger partial charge in [0.1, 0.15) is 14.7 Å². The number of likely N-dealkylation sites (N-methyl/N-ethyl adjacent to an activating group) is 1. The van der Waals surface area contributed by atoms with E-state index in [4.69, 9.17) is 0 Å². The molecular weight excluding hydrogens is 580 g/mol. The number of carbonyl (C=O) groups excluding carboxylic acids is 1. The molecule has 36 heavy (non-hydrogen) atoms. The second-order valence-electron chi connectivity index (χ2n) is 8.36. The van der Waals surface area contributed by atoms with Gasteiger partial charge >= 0.3 is 47.6 Å². The summed E-state index contributed by atoms with van der Waals surface area (Å²) in [6.07, 6.45) is -12.5. The fraction of sp³-hybridized carbons (Fsp3) is 0.933. The van der Waals surface area contributed by atoms with Gasteiger partial charge in [0.05, 0.1) is 21.1 Å². The van der Waals surface area contributed by atoms with E-state index in [2.05, 4.69) is 0 Å². The van der Waals surface area contributed by atoms with Crippen molar-refractivity contribution in [1.82, 2.24) is 0 Å². The van der Waals surface area contributed by atoms with Crippen molar-refractivity contribution in [3.05, 3.63) is 0 Å². The molecule has 0 aliphatic rings. The average molecular weight is 596 g/mol. The second kappa shape index (κ2) is 9.54. The Hall–Kier alpha value is -1.17. The molecule has 3 nitrogen and oxygen atoms in total. The molecule has 0 spiro atoms. The monoisotopic (exact) mass is 596 g/mol. The third-order valence-electron chi connectivity index (χ3n) is 4.32. The topological polar surface area (TPSA) is 37.3 Å². The molecule has 21 heteroatoms. The number of alkyl halides is 17. The predicted octanol–water partition coefficient (Wildman–Crippen LogP) is 6.01. The molecule has 0 amide bonds. The Morgan fingerprint density at radius 3 is 1.22 bits per heavy atom. The molecule has 216 valence electrons. The Balaban J connectivity index is 6.31. The van der Waals surface area contributed by atoms with Crippen molar-refractivity contribution >= 4 is 13.7 Å². The van der Waals surface area contributed by atoms with Gasteiger partial charge < -0.3 is 9.38 Å². The molecule has 0 saturated heterocycles. The van der Waals surface area contributed by atoms with Gasteiger partial charge in [-0.3, -0.25) is 4.79 Å². The van der Waals surface area contributed by atoms with E-state index in [1.54, 1.807) is 0 Å². The number of hydrogen-bond acceptors (Lipinski definition) is 2. The summed E-state index contributed by atoms with van der Waals surface area (Å²) in [5.74, 6) is -56.9. The van der Waals surface area contributed by atoms with Crippen molar-refractivity contribution in [2.24, 2.45) is 0 Å². The fourth-order valence-corrected chi connectivity index (χ4v) is 3.54. The lowest BCUT2D eigenvalue weighted by atomic mass is 9.88. The first-order chi connectivity index (χ1) is 15.3. The molecule has 1 unspecified atom stereocenters. The highest BCUT2D eigenvalue weighted by atomic mass is 31.1. The van der Waals surface area contributed by atoms with Crippen molar-refractivity contribution in [2.75, 3.05) is 33.8 Å². The van der Waals surface area contributed by atoms with E-state index in [0.29, 0.717) is 0 Å². The molecule has 0 bridgehead atoms. The lowest BCUT2D eigenvalue weighted by Gasteiger charge is -2.42. The number of rotatable bonds is 12. The number of halogens is 17. The van der Waals surface area contributed by atoms with E-state index in [-0.39, 0.29) is 4.48 Å². The van der Waals surface area contributed by atoms with Crippen LogP contribution in [0.4, 0.5) is 74.6 Å². The molecule has 0 aliphatic heterocycles. The van der Waals surface area contributed by atoms with E-state index in [1.807, 2.05) is 0 Å². The first kappa shape index (κ1) is 34.8. The Morgan fingerprint density at radius 2 is 0.917 bits per heavy atom. The number of quaternary nitrogens is 1. The van der Waals surface area contributed by atoms with Crippen LogP contribution in [0.1, 0.15) is 6.42 Å². The standard InChI is InChI=1S/C15H16F17NO2P/c1-33(2,3)6-7(34)36(35)5-4-8(16,17)9(18,19)10(20,21)11(22,23)12(24,25)13(26,27)14(28,29)15(30,31)32/h35H,4-6H2,1-3H3/q+1. The fourth-order valence-electron chi connectivity index (χ4n) is 2.21. The number of carbonyl (C=O) groups is 1. The lowest BCUT2D eigenvalue weighted by molar-refractivity contribution is -0.861. The van der Waals surface area contributed by atoms with Crippen LogP contribution in [0.25, 0.3) is 0 Å². The van der Waals surface area contributed by atoms with Crippen LogP contribution in [0.3, 0.4) is 0 Å².